The van der Waals surface area contributed by atoms with Crippen molar-refractivity contribution >= 4 is 42.2 Å². The number of pyridine rings is 1. The minimum atomic E-state index is 0. The summed E-state index contributed by atoms with van der Waals surface area (Å²) in [6.45, 7) is 9.94. The lowest BCUT2D eigenvalue weighted by Gasteiger charge is -2.31. The Kier molecular flexibility index (Phi) is 9.41. The van der Waals surface area contributed by atoms with E-state index in [1.54, 1.807) is 6.20 Å². The van der Waals surface area contributed by atoms with Crippen molar-refractivity contribution in [1.82, 2.24) is 10.3 Å². The van der Waals surface area contributed by atoms with Crippen LogP contribution in [0, 0.1) is 11.8 Å². The molecule has 0 aliphatic carbocycles. The molecule has 1 amide bonds. The molecule has 0 radical (unpaired) electrons. The number of nitrogens with zero attached hydrogens (tertiary/aromatic N) is 2. The Morgan fingerprint density at radius 2 is 2.00 bits per heavy atom. The van der Waals surface area contributed by atoms with E-state index in [4.69, 9.17) is 0 Å². The zero-order valence-electron chi connectivity index (χ0n) is 13.3. The third-order valence-electron chi connectivity index (χ3n) is 4.04. The Bertz CT molecular complexity index is 447. The van der Waals surface area contributed by atoms with Crippen LogP contribution in [-0.4, -0.2) is 37.1 Å². The van der Waals surface area contributed by atoms with Crippen LogP contribution in [0.5, 0.6) is 0 Å². The van der Waals surface area contributed by atoms with Crippen molar-refractivity contribution < 1.29 is 4.79 Å². The Balaban J connectivity index is 0.00000220. The molecule has 0 saturated carbocycles. The highest BCUT2D eigenvalue weighted by molar-refractivity contribution is 5.92. The standard InChI is InChI=1S/C15H24N4O.2ClH/c1-4-19(5-2)14-7-6-13(10-17-14)18-15(20)11(3)12-8-16-9-12;;/h6-7,10-12,16H,4-5,8-9H2,1-3H3,(H,18,20);2*1H. The first kappa shape index (κ1) is 21.0. The maximum Gasteiger partial charge on any atom is 0.227 e. The molecule has 0 bridgehead atoms. The highest BCUT2D eigenvalue weighted by Crippen LogP contribution is 2.19. The molecule has 1 saturated heterocycles. The second-order valence-corrected chi connectivity index (χ2v) is 5.27. The maximum atomic E-state index is 12.1. The summed E-state index contributed by atoms with van der Waals surface area (Å²) >= 11 is 0. The van der Waals surface area contributed by atoms with Gasteiger partial charge in [0.15, 0.2) is 0 Å². The summed E-state index contributed by atoms with van der Waals surface area (Å²) in [7, 11) is 0. The molecule has 126 valence electrons. The second-order valence-electron chi connectivity index (χ2n) is 5.27. The van der Waals surface area contributed by atoms with Crippen LogP contribution in [0.2, 0.25) is 0 Å². The van der Waals surface area contributed by atoms with Crippen molar-refractivity contribution in [3.05, 3.63) is 18.3 Å². The van der Waals surface area contributed by atoms with Crippen molar-refractivity contribution in [2.45, 2.75) is 20.8 Å². The van der Waals surface area contributed by atoms with Crippen molar-refractivity contribution in [2.24, 2.45) is 11.8 Å². The molecule has 1 aliphatic heterocycles. The summed E-state index contributed by atoms with van der Waals surface area (Å²) in [5, 5.41) is 6.14. The molecule has 5 nitrogen and oxygen atoms in total. The number of hydrogen-bond acceptors (Lipinski definition) is 4. The first-order valence-corrected chi connectivity index (χ1v) is 7.38. The highest BCUT2D eigenvalue weighted by atomic mass is 35.5. The third-order valence-corrected chi connectivity index (χ3v) is 4.04. The molecule has 2 N–H and O–H groups in total. The van der Waals surface area contributed by atoms with Crippen LogP contribution in [-0.2, 0) is 4.79 Å². The van der Waals surface area contributed by atoms with Crippen molar-refractivity contribution in [3.63, 3.8) is 0 Å². The normalized spacial score (nSPS) is 14.9. The van der Waals surface area contributed by atoms with E-state index in [0.717, 1.165) is 37.7 Å². The van der Waals surface area contributed by atoms with Crippen LogP contribution in [0.1, 0.15) is 20.8 Å². The van der Waals surface area contributed by atoms with E-state index in [1.807, 2.05) is 19.1 Å². The van der Waals surface area contributed by atoms with Gasteiger partial charge < -0.3 is 15.5 Å². The molecule has 7 heteroatoms. The van der Waals surface area contributed by atoms with Crippen molar-refractivity contribution in [3.8, 4) is 0 Å². The minimum Gasteiger partial charge on any atom is -0.357 e. The van der Waals surface area contributed by atoms with Gasteiger partial charge in [-0.15, -0.1) is 24.8 Å². The van der Waals surface area contributed by atoms with E-state index in [0.29, 0.717) is 5.92 Å². The van der Waals surface area contributed by atoms with Crippen LogP contribution >= 0.6 is 24.8 Å². The predicted molar refractivity (Wildman–Crippen MR) is 96.4 cm³/mol. The van der Waals surface area contributed by atoms with E-state index in [1.165, 1.54) is 0 Å². The van der Waals surface area contributed by atoms with E-state index in [2.05, 4.69) is 34.4 Å². The van der Waals surface area contributed by atoms with Gasteiger partial charge in [0.25, 0.3) is 0 Å². The summed E-state index contributed by atoms with van der Waals surface area (Å²) in [6, 6.07) is 3.88. The average molecular weight is 349 g/mol. The quantitative estimate of drug-likeness (QED) is 0.829. The molecule has 1 aromatic rings. The smallest absolute Gasteiger partial charge is 0.227 e. The largest absolute Gasteiger partial charge is 0.357 e. The average Bonchev–Trinajstić information content (AvgIpc) is 2.40. The Morgan fingerprint density at radius 1 is 1.36 bits per heavy atom. The van der Waals surface area contributed by atoms with Crippen molar-refractivity contribution in [2.75, 3.05) is 36.4 Å². The molecule has 22 heavy (non-hydrogen) atoms. The number of carbonyl (C=O) groups excluding carboxylic acids is 1. The lowest BCUT2D eigenvalue weighted by molar-refractivity contribution is -0.121. The molecule has 0 aromatic carbocycles. The molecule has 1 atom stereocenters. The van der Waals surface area contributed by atoms with Crippen molar-refractivity contribution in [1.29, 1.82) is 0 Å². The number of rotatable bonds is 6. The van der Waals surface area contributed by atoms with Gasteiger partial charge >= 0.3 is 0 Å². The van der Waals surface area contributed by atoms with Gasteiger partial charge in [-0.05, 0) is 45.0 Å². The first-order valence-electron chi connectivity index (χ1n) is 7.38. The first-order chi connectivity index (χ1) is 9.65. The van der Waals surface area contributed by atoms with Crippen LogP contribution in [0.15, 0.2) is 18.3 Å². The maximum absolute atomic E-state index is 12.1. The summed E-state index contributed by atoms with van der Waals surface area (Å²) in [5.41, 5.74) is 0.769. The number of carbonyl (C=O) groups is 1. The molecular weight excluding hydrogens is 323 g/mol. The predicted octanol–water partition coefficient (Wildman–Crippen LogP) is 2.57. The zero-order valence-corrected chi connectivity index (χ0v) is 15.0. The van der Waals surface area contributed by atoms with Gasteiger partial charge in [-0.2, -0.15) is 0 Å². The third kappa shape index (κ3) is 5.00. The number of hydrogen-bond donors (Lipinski definition) is 2. The monoisotopic (exact) mass is 348 g/mol. The molecular formula is C15H26Cl2N4O. The second kappa shape index (κ2) is 9.87. The zero-order chi connectivity index (χ0) is 14.5. The van der Waals surface area contributed by atoms with Crippen LogP contribution in [0.25, 0.3) is 0 Å². The van der Waals surface area contributed by atoms with Crippen LogP contribution < -0.4 is 15.5 Å². The number of amides is 1. The number of nitrogens with one attached hydrogen (secondary N) is 2. The number of anilines is 2. The van der Waals surface area contributed by atoms with Crippen LogP contribution in [0.3, 0.4) is 0 Å². The fourth-order valence-corrected chi connectivity index (χ4v) is 2.33. The SMILES string of the molecule is CCN(CC)c1ccc(NC(=O)C(C)C2CNC2)cn1.Cl.Cl. The van der Waals surface area contributed by atoms with Gasteiger partial charge in [0.2, 0.25) is 5.91 Å². The fourth-order valence-electron chi connectivity index (χ4n) is 2.33. The van der Waals surface area contributed by atoms with Gasteiger partial charge in [-0.3, -0.25) is 4.79 Å². The van der Waals surface area contributed by atoms with Gasteiger partial charge in [-0.25, -0.2) is 4.98 Å². The summed E-state index contributed by atoms with van der Waals surface area (Å²) in [6.07, 6.45) is 1.73. The molecule has 1 unspecified atom stereocenters. The molecule has 1 fully saturated rings. The Labute approximate surface area is 145 Å². The van der Waals surface area contributed by atoms with E-state index in [-0.39, 0.29) is 36.6 Å². The summed E-state index contributed by atoms with van der Waals surface area (Å²) in [4.78, 5) is 18.7. The highest BCUT2D eigenvalue weighted by Gasteiger charge is 2.28. The Hall–Kier alpha value is -1.04. The number of aromatic nitrogens is 1. The van der Waals surface area contributed by atoms with Gasteiger partial charge in [-0.1, -0.05) is 6.92 Å². The topological polar surface area (TPSA) is 57.3 Å². The minimum absolute atomic E-state index is 0. The molecule has 2 heterocycles. The van der Waals surface area contributed by atoms with E-state index < -0.39 is 0 Å². The fraction of sp³-hybridized carbons (Fsp3) is 0.600. The van der Waals surface area contributed by atoms with E-state index >= 15 is 0 Å². The van der Waals surface area contributed by atoms with Gasteiger partial charge in [0, 0.05) is 19.0 Å². The summed E-state index contributed by atoms with van der Waals surface area (Å²) < 4.78 is 0. The molecule has 0 spiro atoms. The molecule has 1 aromatic heterocycles. The summed E-state index contributed by atoms with van der Waals surface area (Å²) in [5.74, 6) is 1.52. The van der Waals surface area contributed by atoms with Gasteiger partial charge in [0.05, 0.1) is 11.9 Å². The van der Waals surface area contributed by atoms with E-state index in [9.17, 15) is 4.79 Å². The molecule has 2 rings (SSSR count). The molecule has 1 aliphatic rings. The van der Waals surface area contributed by atoms with Crippen LogP contribution in [0.4, 0.5) is 11.5 Å². The lowest BCUT2D eigenvalue weighted by Crippen LogP contribution is -2.48. The van der Waals surface area contributed by atoms with Gasteiger partial charge in [0.1, 0.15) is 5.82 Å². The Morgan fingerprint density at radius 3 is 2.41 bits per heavy atom. The lowest BCUT2D eigenvalue weighted by atomic mass is 9.88. The number of halogens is 2.